The molecule has 1 atom stereocenters. The van der Waals surface area contributed by atoms with Crippen molar-refractivity contribution in [3.05, 3.63) is 65.5 Å². The topological polar surface area (TPSA) is 116 Å². The fourth-order valence-corrected chi connectivity index (χ4v) is 4.33. The first-order chi connectivity index (χ1) is 17.5. The predicted octanol–water partition coefficient (Wildman–Crippen LogP) is 2.90. The Labute approximate surface area is 207 Å². The third-order valence-corrected chi connectivity index (χ3v) is 6.35. The highest BCUT2D eigenvalue weighted by Crippen LogP contribution is 2.38. The molecule has 0 unspecified atom stereocenters. The number of halogens is 3. The van der Waals surface area contributed by atoms with Gasteiger partial charge in [0.25, 0.3) is 11.8 Å². The zero-order valence-corrected chi connectivity index (χ0v) is 19.4. The van der Waals surface area contributed by atoms with Gasteiger partial charge in [-0.2, -0.15) is 0 Å². The summed E-state index contributed by atoms with van der Waals surface area (Å²) in [6.07, 6.45) is -2.86. The van der Waals surface area contributed by atoms with Crippen LogP contribution in [0.15, 0.2) is 48.7 Å². The van der Waals surface area contributed by atoms with Gasteiger partial charge in [0, 0.05) is 17.5 Å². The van der Waals surface area contributed by atoms with E-state index < -0.39 is 17.8 Å². The summed E-state index contributed by atoms with van der Waals surface area (Å²) in [4.78, 5) is 38.7. The average molecular weight is 515 g/mol. The number of nitrogens with zero attached hydrogens (tertiary/aromatic N) is 4. The van der Waals surface area contributed by atoms with Crippen LogP contribution in [0, 0.1) is 0 Å². The van der Waals surface area contributed by atoms with Crippen molar-refractivity contribution in [2.45, 2.75) is 44.8 Å². The van der Waals surface area contributed by atoms with E-state index in [1.54, 1.807) is 31.3 Å². The van der Waals surface area contributed by atoms with Crippen LogP contribution in [0.5, 0.6) is 11.5 Å². The van der Waals surface area contributed by atoms with Crippen LogP contribution in [-0.2, 0) is 22.7 Å². The Kier molecular flexibility index (Phi) is 5.85. The smallest absolute Gasteiger partial charge is 0.487 e. The maximum Gasteiger partial charge on any atom is 0.573 e. The number of fused-ring (bicyclic) bond motifs is 1. The van der Waals surface area contributed by atoms with Crippen molar-refractivity contribution in [3.63, 3.8) is 0 Å². The molecule has 1 aromatic heterocycles. The Morgan fingerprint density at radius 1 is 1.11 bits per heavy atom. The Morgan fingerprint density at radius 3 is 2.57 bits per heavy atom. The van der Waals surface area contributed by atoms with E-state index in [9.17, 15) is 27.6 Å². The quantitative estimate of drug-likeness (QED) is 0.502. The van der Waals surface area contributed by atoms with Gasteiger partial charge in [-0.15, -0.1) is 18.3 Å². The Morgan fingerprint density at radius 2 is 1.86 bits per heavy atom. The summed E-state index contributed by atoms with van der Waals surface area (Å²) < 4.78 is 48.2. The SMILES string of the molecule is C[C@]1(N2Cc3c(OCc4cn(-c5ccc(OC(F)(F)F)cc5)nn4)cccc3C2=O)CCC(=O)NC1=O. The van der Waals surface area contributed by atoms with Gasteiger partial charge >= 0.3 is 6.36 Å². The Hall–Kier alpha value is -4.42. The van der Waals surface area contributed by atoms with Gasteiger partial charge in [-0.25, -0.2) is 4.68 Å². The lowest BCUT2D eigenvalue weighted by atomic mass is 9.89. The molecule has 37 heavy (non-hydrogen) atoms. The van der Waals surface area contributed by atoms with Gasteiger partial charge in [-0.05, 0) is 49.7 Å². The van der Waals surface area contributed by atoms with Gasteiger partial charge in [0.05, 0.1) is 18.4 Å². The molecule has 1 N–H and O–H groups in total. The molecule has 2 aliphatic rings. The number of aromatic nitrogens is 3. The standard InChI is InChI=1S/C24H20F3N5O5/c1-23(10-9-20(33)28-22(23)35)31-12-18-17(21(31)34)3-2-4-19(18)36-13-14-11-32(30-29-14)15-5-7-16(8-6-15)37-24(25,26)27/h2-8,11H,9-10,12-13H2,1H3,(H,28,33,35)/t23-/m0/s1. The van der Waals surface area contributed by atoms with Crippen LogP contribution in [0.3, 0.4) is 0 Å². The first-order valence-corrected chi connectivity index (χ1v) is 11.2. The first-order valence-electron chi connectivity index (χ1n) is 11.2. The van der Waals surface area contributed by atoms with Gasteiger partial charge in [0.1, 0.15) is 29.3 Å². The average Bonchev–Trinajstić information content (AvgIpc) is 3.45. The molecule has 1 fully saturated rings. The fraction of sp³-hybridized carbons (Fsp3) is 0.292. The minimum absolute atomic E-state index is 0.00612. The van der Waals surface area contributed by atoms with Gasteiger partial charge in [-0.1, -0.05) is 11.3 Å². The summed E-state index contributed by atoms with van der Waals surface area (Å²) in [6.45, 7) is 1.78. The number of amides is 3. The van der Waals surface area contributed by atoms with Crippen molar-refractivity contribution >= 4 is 17.7 Å². The molecule has 10 nitrogen and oxygen atoms in total. The number of piperidine rings is 1. The molecule has 0 aliphatic carbocycles. The second-order valence-corrected chi connectivity index (χ2v) is 8.81. The van der Waals surface area contributed by atoms with Crippen molar-refractivity contribution in [1.29, 1.82) is 0 Å². The van der Waals surface area contributed by atoms with Gasteiger partial charge in [0.15, 0.2) is 0 Å². The summed E-state index contributed by atoms with van der Waals surface area (Å²) >= 11 is 0. The molecule has 2 aliphatic heterocycles. The monoisotopic (exact) mass is 515 g/mol. The molecule has 3 heterocycles. The molecular weight excluding hydrogens is 495 g/mol. The van der Waals surface area contributed by atoms with E-state index in [-0.39, 0.29) is 43.6 Å². The predicted molar refractivity (Wildman–Crippen MR) is 119 cm³/mol. The lowest BCUT2D eigenvalue weighted by Crippen LogP contribution is -2.61. The maximum atomic E-state index is 13.1. The largest absolute Gasteiger partial charge is 0.573 e. The number of carbonyl (C=O) groups excluding carboxylic acids is 3. The van der Waals surface area contributed by atoms with E-state index in [1.165, 1.54) is 33.8 Å². The summed E-state index contributed by atoms with van der Waals surface area (Å²) in [5, 5.41) is 10.3. The highest BCUT2D eigenvalue weighted by molar-refractivity contribution is 6.07. The minimum Gasteiger partial charge on any atom is -0.487 e. The van der Waals surface area contributed by atoms with Gasteiger partial charge < -0.3 is 14.4 Å². The van der Waals surface area contributed by atoms with Crippen LogP contribution in [0.1, 0.15) is 41.4 Å². The fourth-order valence-electron chi connectivity index (χ4n) is 4.33. The van der Waals surface area contributed by atoms with Crippen molar-refractivity contribution in [3.8, 4) is 17.2 Å². The number of ether oxygens (including phenoxy) is 2. The van der Waals surface area contributed by atoms with Crippen LogP contribution in [0.25, 0.3) is 5.69 Å². The molecule has 0 saturated carbocycles. The second kappa shape index (κ2) is 8.91. The number of benzene rings is 2. The van der Waals surface area contributed by atoms with Crippen LogP contribution in [-0.4, -0.2) is 49.5 Å². The number of rotatable bonds is 6. The van der Waals surface area contributed by atoms with E-state index >= 15 is 0 Å². The lowest BCUT2D eigenvalue weighted by molar-refractivity contribution is -0.274. The van der Waals surface area contributed by atoms with Crippen LogP contribution in [0.4, 0.5) is 13.2 Å². The number of hydrogen-bond acceptors (Lipinski definition) is 7. The molecule has 3 amide bonds. The van der Waals surface area contributed by atoms with Crippen LogP contribution in [0.2, 0.25) is 0 Å². The van der Waals surface area contributed by atoms with E-state index in [1.807, 2.05) is 0 Å². The molecule has 2 aromatic carbocycles. The molecule has 0 bridgehead atoms. The number of imide groups is 1. The van der Waals surface area contributed by atoms with Gasteiger partial charge in [0.2, 0.25) is 5.91 Å². The molecule has 0 spiro atoms. The maximum absolute atomic E-state index is 13.1. The first kappa shape index (κ1) is 24.3. The second-order valence-electron chi connectivity index (χ2n) is 8.81. The van der Waals surface area contributed by atoms with E-state index in [0.717, 1.165) is 0 Å². The van der Waals surface area contributed by atoms with Gasteiger partial charge in [-0.3, -0.25) is 19.7 Å². The van der Waals surface area contributed by atoms with E-state index in [2.05, 4.69) is 20.4 Å². The minimum atomic E-state index is -4.78. The summed E-state index contributed by atoms with van der Waals surface area (Å²) in [7, 11) is 0. The summed E-state index contributed by atoms with van der Waals surface area (Å²) in [6, 6.07) is 10.2. The normalized spacial score (nSPS) is 19.6. The van der Waals surface area contributed by atoms with Crippen molar-refractivity contribution < 1.29 is 37.0 Å². The molecule has 3 aromatic rings. The third-order valence-electron chi connectivity index (χ3n) is 6.35. The van der Waals surface area contributed by atoms with Crippen molar-refractivity contribution in [2.24, 2.45) is 0 Å². The Balaban J connectivity index is 1.28. The van der Waals surface area contributed by atoms with Crippen molar-refractivity contribution in [2.75, 3.05) is 0 Å². The molecule has 5 rings (SSSR count). The molecule has 0 radical (unpaired) electrons. The van der Waals surface area contributed by atoms with Crippen LogP contribution < -0.4 is 14.8 Å². The zero-order chi connectivity index (χ0) is 26.4. The number of carbonyl (C=O) groups is 3. The molecule has 192 valence electrons. The highest BCUT2D eigenvalue weighted by atomic mass is 19.4. The van der Waals surface area contributed by atoms with Crippen LogP contribution >= 0.6 is 0 Å². The number of alkyl halides is 3. The number of hydrogen-bond donors (Lipinski definition) is 1. The molecule has 1 saturated heterocycles. The van der Waals surface area contributed by atoms with E-state index in [0.29, 0.717) is 28.3 Å². The zero-order valence-electron chi connectivity index (χ0n) is 19.4. The molecular formula is C24H20F3N5O5. The highest BCUT2D eigenvalue weighted by Gasteiger charge is 2.49. The van der Waals surface area contributed by atoms with E-state index in [4.69, 9.17) is 4.74 Å². The molecule has 13 heteroatoms. The third kappa shape index (κ3) is 4.71. The lowest BCUT2D eigenvalue weighted by Gasteiger charge is -2.39. The number of nitrogens with one attached hydrogen (secondary N) is 1. The summed E-state index contributed by atoms with van der Waals surface area (Å²) in [5.41, 5.74) is 0.767. The Bertz CT molecular complexity index is 1390. The summed E-state index contributed by atoms with van der Waals surface area (Å²) in [5.74, 6) is -1.12. The van der Waals surface area contributed by atoms with Crippen molar-refractivity contribution in [1.82, 2.24) is 25.2 Å².